The van der Waals surface area contributed by atoms with Crippen LogP contribution in [0.1, 0.15) is 23.2 Å². The molecule has 178 valence electrons. The molecule has 0 atom stereocenters. The monoisotopic (exact) mass is 496 g/mol. The Labute approximate surface area is 209 Å². The first-order chi connectivity index (χ1) is 16.7. The summed E-state index contributed by atoms with van der Waals surface area (Å²) in [6.45, 7) is 6.17. The maximum Gasteiger partial charge on any atom is 0.255 e. The van der Waals surface area contributed by atoms with Gasteiger partial charge in [-0.2, -0.15) is 0 Å². The number of piperazine rings is 1. The van der Waals surface area contributed by atoms with Crippen LogP contribution in [0.4, 0.5) is 5.69 Å². The molecule has 1 N–H and O–H groups in total. The van der Waals surface area contributed by atoms with Crippen LogP contribution in [-0.2, 0) is 4.74 Å². The van der Waals surface area contributed by atoms with Gasteiger partial charge < -0.3 is 14.4 Å². The highest BCUT2D eigenvalue weighted by atomic mass is 35.5. The van der Waals surface area contributed by atoms with E-state index in [1.807, 2.05) is 41.3 Å². The van der Waals surface area contributed by atoms with E-state index in [0.717, 1.165) is 80.3 Å². The molecule has 8 heteroatoms. The molecule has 3 heterocycles. The van der Waals surface area contributed by atoms with Crippen LogP contribution in [0.3, 0.4) is 0 Å². The van der Waals surface area contributed by atoms with E-state index in [1.165, 1.54) is 11.9 Å². The average molecular weight is 497 g/mol. The van der Waals surface area contributed by atoms with Gasteiger partial charge in [0.05, 0.1) is 21.0 Å². The zero-order chi connectivity index (χ0) is 23.3. The zero-order valence-corrected chi connectivity index (χ0v) is 20.7. The second kappa shape index (κ2) is 11.0. The lowest BCUT2D eigenvalue weighted by Crippen LogP contribution is -2.50. The highest BCUT2D eigenvalue weighted by molar-refractivity contribution is 8.00. The third kappa shape index (κ3) is 5.49. The van der Waals surface area contributed by atoms with Crippen LogP contribution < -0.4 is 4.72 Å². The number of carbonyl (C=O) groups is 1. The predicted molar refractivity (Wildman–Crippen MR) is 139 cm³/mol. The number of carbonyl (C=O) groups excluding carboxylic acids is 1. The van der Waals surface area contributed by atoms with Crippen molar-refractivity contribution in [3.05, 3.63) is 65.3 Å². The summed E-state index contributed by atoms with van der Waals surface area (Å²) in [6.07, 6.45) is 4.09. The van der Waals surface area contributed by atoms with Crippen molar-refractivity contribution >= 4 is 46.0 Å². The first-order valence-electron chi connectivity index (χ1n) is 11.8. The molecule has 0 saturated carbocycles. The smallest absolute Gasteiger partial charge is 0.255 e. The van der Waals surface area contributed by atoms with Crippen molar-refractivity contribution in [2.24, 2.45) is 5.92 Å². The standard InChI is InChI=1S/C26H29ClN4O2S/c27-23-17-21(29-34-24-5-1-3-20-4-2-10-28-25(20)24)6-7-22(23)26(32)31-13-11-30(12-14-31)18-19-8-15-33-16-9-19/h1-7,10,17,19,29H,8-9,11-16,18H2. The molecule has 2 saturated heterocycles. The molecule has 0 bridgehead atoms. The number of anilines is 1. The van der Waals surface area contributed by atoms with E-state index in [9.17, 15) is 4.79 Å². The largest absolute Gasteiger partial charge is 0.381 e. The molecule has 0 radical (unpaired) electrons. The molecule has 34 heavy (non-hydrogen) atoms. The molecule has 3 aromatic rings. The van der Waals surface area contributed by atoms with Crippen molar-refractivity contribution in [1.29, 1.82) is 0 Å². The number of ether oxygens (including phenoxy) is 1. The molecule has 5 rings (SSSR count). The Hall–Kier alpha value is -2.32. The van der Waals surface area contributed by atoms with Crippen molar-refractivity contribution in [3.8, 4) is 0 Å². The van der Waals surface area contributed by atoms with Crippen LogP contribution in [0, 0.1) is 5.92 Å². The summed E-state index contributed by atoms with van der Waals surface area (Å²) in [5.41, 5.74) is 2.36. The van der Waals surface area contributed by atoms with Gasteiger partial charge in [-0.05, 0) is 61.0 Å². The lowest BCUT2D eigenvalue weighted by atomic mass is 9.99. The van der Waals surface area contributed by atoms with E-state index < -0.39 is 0 Å². The number of halogens is 1. The molecule has 2 aromatic carbocycles. The van der Waals surface area contributed by atoms with Crippen LogP contribution in [0.15, 0.2) is 59.6 Å². The first-order valence-corrected chi connectivity index (χ1v) is 13.0. The molecule has 1 aromatic heterocycles. The second-order valence-electron chi connectivity index (χ2n) is 8.88. The van der Waals surface area contributed by atoms with Gasteiger partial charge in [0.25, 0.3) is 5.91 Å². The van der Waals surface area contributed by atoms with Crippen molar-refractivity contribution in [2.45, 2.75) is 17.7 Å². The Morgan fingerprint density at radius 1 is 1.09 bits per heavy atom. The minimum Gasteiger partial charge on any atom is -0.381 e. The number of nitrogens with one attached hydrogen (secondary N) is 1. The van der Waals surface area contributed by atoms with Gasteiger partial charge in [0.1, 0.15) is 0 Å². The van der Waals surface area contributed by atoms with E-state index in [-0.39, 0.29) is 5.91 Å². The molecule has 0 spiro atoms. The number of fused-ring (bicyclic) bond motifs is 1. The highest BCUT2D eigenvalue weighted by Gasteiger charge is 2.25. The quantitative estimate of drug-likeness (QED) is 0.474. The molecule has 0 unspecified atom stereocenters. The first kappa shape index (κ1) is 23.4. The minimum absolute atomic E-state index is 0.00757. The fourth-order valence-corrected chi connectivity index (χ4v) is 5.65. The summed E-state index contributed by atoms with van der Waals surface area (Å²) >= 11 is 8.03. The van der Waals surface area contributed by atoms with Gasteiger partial charge >= 0.3 is 0 Å². The number of pyridine rings is 1. The van der Waals surface area contributed by atoms with Gasteiger partial charge in [0.2, 0.25) is 0 Å². The number of nitrogens with zero attached hydrogens (tertiary/aromatic N) is 3. The maximum absolute atomic E-state index is 13.1. The van der Waals surface area contributed by atoms with Crippen LogP contribution in [0.25, 0.3) is 10.9 Å². The molecule has 2 aliphatic rings. The molecule has 2 aliphatic heterocycles. The lowest BCUT2D eigenvalue weighted by Gasteiger charge is -2.37. The molecule has 0 aliphatic carbocycles. The predicted octanol–water partition coefficient (Wildman–Crippen LogP) is 5.19. The summed E-state index contributed by atoms with van der Waals surface area (Å²) in [6, 6.07) is 15.6. The Kier molecular flexibility index (Phi) is 7.54. The number of para-hydroxylation sites is 1. The molecular formula is C26H29ClN4O2S. The molecule has 2 fully saturated rings. The van der Waals surface area contributed by atoms with Gasteiger partial charge in [-0.25, -0.2) is 0 Å². The maximum atomic E-state index is 13.1. The Balaban J connectivity index is 1.17. The fourth-order valence-electron chi connectivity index (χ4n) is 4.62. The second-order valence-corrected chi connectivity index (χ2v) is 10.1. The molecular weight excluding hydrogens is 468 g/mol. The molecule has 6 nitrogen and oxygen atoms in total. The average Bonchev–Trinajstić information content (AvgIpc) is 2.88. The van der Waals surface area contributed by atoms with Crippen LogP contribution in [0.2, 0.25) is 5.02 Å². The topological polar surface area (TPSA) is 57.7 Å². The van der Waals surface area contributed by atoms with Crippen molar-refractivity contribution in [1.82, 2.24) is 14.8 Å². The van der Waals surface area contributed by atoms with Crippen molar-refractivity contribution < 1.29 is 9.53 Å². The Morgan fingerprint density at radius 3 is 2.68 bits per heavy atom. The zero-order valence-electron chi connectivity index (χ0n) is 19.1. The number of amides is 1. The summed E-state index contributed by atoms with van der Waals surface area (Å²) in [5, 5.41) is 1.57. The van der Waals surface area contributed by atoms with E-state index in [2.05, 4.69) is 26.7 Å². The minimum atomic E-state index is 0.00757. The van der Waals surface area contributed by atoms with Gasteiger partial charge in [-0.3, -0.25) is 14.7 Å². The number of rotatable bonds is 6. The van der Waals surface area contributed by atoms with E-state index in [0.29, 0.717) is 16.5 Å². The van der Waals surface area contributed by atoms with Crippen molar-refractivity contribution in [3.63, 3.8) is 0 Å². The summed E-state index contributed by atoms with van der Waals surface area (Å²) in [4.78, 5) is 23.1. The SMILES string of the molecule is O=C(c1ccc(NSc2cccc3cccnc23)cc1Cl)N1CCN(CC2CCOCC2)CC1. The fraction of sp³-hybridized carbons (Fsp3) is 0.385. The van der Waals surface area contributed by atoms with Gasteiger partial charge in [-0.15, -0.1) is 0 Å². The van der Waals surface area contributed by atoms with Gasteiger partial charge in [0.15, 0.2) is 0 Å². The summed E-state index contributed by atoms with van der Waals surface area (Å²) in [7, 11) is 0. The van der Waals surface area contributed by atoms with E-state index in [1.54, 1.807) is 6.20 Å². The summed E-state index contributed by atoms with van der Waals surface area (Å²) in [5.74, 6) is 0.723. The number of aromatic nitrogens is 1. The normalized spacial score (nSPS) is 17.7. The number of benzene rings is 2. The number of hydrogen-bond acceptors (Lipinski definition) is 6. The van der Waals surface area contributed by atoms with Crippen molar-refractivity contribution in [2.75, 3.05) is 50.7 Å². The van der Waals surface area contributed by atoms with Gasteiger partial charge in [-0.1, -0.05) is 29.8 Å². The van der Waals surface area contributed by atoms with Crippen LogP contribution >= 0.6 is 23.5 Å². The van der Waals surface area contributed by atoms with Crippen LogP contribution in [0.5, 0.6) is 0 Å². The number of hydrogen-bond donors (Lipinski definition) is 1. The molecule has 1 amide bonds. The Bertz CT molecular complexity index is 1140. The third-order valence-electron chi connectivity index (χ3n) is 6.59. The highest BCUT2D eigenvalue weighted by Crippen LogP contribution is 2.30. The lowest BCUT2D eigenvalue weighted by molar-refractivity contribution is 0.0393. The third-order valence-corrected chi connectivity index (χ3v) is 7.79. The summed E-state index contributed by atoms with van der Waals surface area (Å²) < 4.78 is 8.80. The Morgan fingerprint density at radius 2 is 1.88 bits per heavy atom. The van der Waals surface area contributed by atoms with Crippen LogP contribution in [-0.4, -0.2) is 66.6 Å². The van der Waals surface area contributed by atoms with E-state index >= 15 is 0 Å². The van der Waals surface area contributed by atoms with E-state index in [4.69, 9.17) is 16.3 Å². The van der Waals surface area contributed by atoms with Gasteiger partial charge in [0, 0.05) is 63.2 Å².